The molecule has 4 nitrogen and oxygen atoms in total. The van der Waals surface area contributed by atoms with Crippen molar-refractivity contribution < 1.29 is 9.53 Å². The Kier molecular flexibility index (Phi) is 5.35. The monoisotopic (exact) mass is 284 g/mol. The fraction of sp³-hybridized carbons (Fsp3) is 0.235. The van der Waals surface area contributed by atoms with Crippen molar-refractivity contribution in [3.05, 3.63) is 60.2 Å². The second-order valence-electron chi connectivity index (χ2n) is 4.94. The Morgan fingerprint density at radius 1 is 1.14 bits per heavy atom. The Labute approximate surface area is 125 Å². The van der Waals surface area contributed by atoms with Gasteiger partial charge < -0.3 is 10.1 Å². The fourth-order valence-electron chi connectivity index (χ4n) is 2.11. The molecule has 0 unspecified atom stereocenters. The number of hydrogen-bond donors (Lipinski definition) is 1. The zero-order valence-corrected chi connectivity index (χ0v) is 12.4. The number of para-hydroxylation sites is 1. The topological polar surface area (TPSA) is 41.6 Å². The van der Waals surface area contributed by atoms with Gasteiger partial charge in [0.05, 0.1) is 13.7 Å². The van der Waals surface area contributed by atoms with E-state index in [1.165, 1.54) is 0 Å². The summed E-state index contributed by atoms with van der Waals surface area (Å²) in [6.07, 6.45) is 0. The van der Waals surface area contributed by atoms with Crippen LogP contribution >= 0.6 is 0 Å². The lowest BCUT2D eigenvalue weighted by Gasteiger charge is -2.16. The molecule has 110 valence electrons. The van der Waals surface area contributed by atoms with Gasteiger partial charge >= 0.3 is 0 Å². The minimum absolute atomic E-state index is 0.0217. The number of likely N-dealkylation sites (N-methyl/N-ethyl adjacent to an activating group) is 1. The van der Waals surface area contributed by atoms with E-state index in [0.29, 0.717) is 13.1 Å². The smallest absolute Gasteiger partial charge is 0.238 e. The summed E-state index contributed by atoms with van der Waals surface area (Å²) in [5, 5.41) is 2.88. The van der Waals surface area contributed by atoms with Gasteiger partial charge in [0.15, 0.2) is 0 Å². The highest BCUT2D eigenvalue weighted by atomic mass is 16.5. The molecule has 0 aliphatic carbocycles. The molecular weight excluding hydrogens is 264 g/mol. The van der Waals surface area contributed by atoms with Crippen LogP contribution < -0.4 is 10.1 Å². The number of carbonyl (C=O) groups is 1. The number of amides is 1. The summed E-state index contributed by atoms with van der Waals surface area (Å²) in [6, 6.07) is 17.3. The number of rotatable bonds is 6. The van der Waals surface area contributed by atoms with Crippen LogP contribution in [-0.2, 0) is 11.3 Å². The van der Waals surface area contributed by atoms with Gasteiger partial charge in [-0.25, -0.2) is 0 Å². The van der Waals surface area contributed by atoms with E-state index < -0.39 is 0 Å². The molecule has 2 aromatic rings. The molecule has 0 spiro atoms. The molecule has 4 heteroatoms. The minimum Gasteiger partial charge on any atom is -0.497 e. The van der Waals surface area contributed by atoms with Crippen LogP contribution in [0, 0.1) is 0 Å². The zero-order chi connectivity index (χ0) is 15.1. The van der Waals surface area contributed by atoms with Gasteiger partial charge in [0, 0.05) is 12.2 Å². The van der Waals surface area contributed by atoms with Gasteiger partial charge in [-0.2, -0.15) is 0 Å². The lowest BCUT2D eigenvalue weighted by Crippen LogP contribution is -2.29. The van der Waals surface area contributed by atoms with Gasteiger partial charge in [0.25, 0.3) is 0 Å². The van der Waals surface area contributed by atoms with E-state index in [1.807, 2.05) is 66.5 Å². The number of ether oxygens (including phenoxy) is 1. The second kappa shape index (κ2) is 7.45. The molecule has 0 fully saturated rings. The summed E-state index contributed by atoms with van der Waals surface area (Å²) in [5.74, 6) is 0.807. The van der Waals surface area contributed by atoms with Gasteiger partial charge in [0.2, 0.25) is 5.91 Å². The normalized spacial score (nSPS) is 10.4. The summed E-state index contributed by atoms with van der Waals surface area (Å²) in [4.78, 5) is 13.9. The Bertz CT molecular complexity index is 584. The maximum Gasteiger partial charge on any atom is 0.238 e. The molecule has 0 aliphatic rings. The van der Waals surface area contributed by atoms with Gasteiger partial charge in [0.1, 0.15) is 5.75 Å². The second-order valence-corrected chi connectivity index (χ2v) is 4.94. The lowest BCUT2D eigenvalue weighted by molar-refractivity contribution is -0.117. The van der Waals surface area contributed by atoms with E-state index in [2.05, 4.69) is 5.32 Å². The standard InChI is InChI=1S/C17H20N2O2/c1-19(12-14-7-6-10-16(11-14)21-2)13-17(20)18-15-8-4-3-5-9-15/h3-11H,12-13H2,1-2H3,(H,18,20). The number of anilines is 1. The third-order valence-electron chi connectivity index (χ3n) is 3.06. The van der Waals surface area contributed by atoms with Gasteiger partial charge in [-0.1, -0.05) is 30.3 Å². The van der Waals surface area contributed by atoms with Crippen molar-refractivity contribution in [3.8, 4) is 5.75 Å². The first kappa shape index (κ1) is 15.1. The highest BCUT2D eigenvalue weighted by molar-refractivity contribution is 5.92. The average Bonchev–Trinajstić information content (AvgIpc) is 2.48. The van der Waals surface area contributed by atoms with Crippen LogP contribution in [0.5, 0.6) is 5.75 Å². The number of benzene rings is 2. The molecule has 1 N–H and O–H groups in total. The largest absolute Gasteiger partial charge is 0.497 e. The predicted molar refractivity (Wildman–Crippen MR) is 84.4 cm³/mol. The number of hydrogen-bond acceptors (Lipinski definition) is 3. The van der Waals surface area contributed by atoms with Crippen LogP contribution in [0.2, 0.25) is 0 Å². The predicted octanol–water partition coefficient (Wildman–Crippen LogP) is 2.77. The highest BCUT2D eigenvalue weighted by Gasteiger charge is 2.08. The van der Waals surface area contributed by atoms with E-state index in [4.69, 9.17) is 4.74 Å². The van der Waals surface area contributed by atoms with Crippen molar-refractivity contribution in [2.24, 2.45) is 0 Å². The van der Waals surface area contributed by atoms with Crippen molar-refractivity contribution in [2.45, 2.75) is 6.54 Å². The molecule has 0 heterocycles. The Hall–Kier alpha value is -2.33. The Morgan fingerprint density at radius 2 is 1.90 bits per heavy atom. The van der Waals surface area contributed by atoms with E-state index in [9.17, 15) is 4.79 Å². The third kappa shape index (κ3) is 4.93. The van der Waals surface area contributed by atoms with Crippen LogP contribution in [-0.4, -0.2) is 31.5 Å². The molecule has 2 aromatic carbocycles. The van der Waals surface area contributed by atoms with Crippen molar-refractivity contribution in [1.29, 1.82) is 0 Å². The van der Waals surface area contributed by atoms with Gasteiger partial charge in [-0.15, -0.1) is 0 Å². The van der Waals surface area contributed by atoms with Crippen LogP contribution in [0.25, 0.3) is 0 Å². The van der Waals surface area contributed by atoms with Crippen LogP contribution in [0.4, 0.5) is 5.69 Å². The maximum absolute atomic E-state index is 12.0. The summed E-state index contributed by atoms with van der Waals surface area (Å²) < 4.78 is 5.20. The molecule has 21 heavy (non-hydrogen) atoms. The lowest BCUT2D eigenvalue weighted by atomic mass is 10.2. The van der Waals surface area contributed by atoms with Crippen LogP contribution in [0.15, 0.2) is 54.6 Å². The Morgan fingerprint density at radius 3 is 2.62 bits per heavy atom. The highest BCUT2D eigenvalue weighted by Crippen LogP contribution is 2.13. The van der Waals surface area contributed by atoms with Crippen molar-refractivity contribution in [2.75, 3.05) is 26.0 Å². The van der Waals surface area contributed by atoms with E-state index in [0.717, 1.165) is 17.0 Å². The third-order valence-corrected chi connectivity index (χ3v) is 3.06. The van der Waals surface area contributed by atoms with E-state index >= 15 is 0 Å². The Balaban J connectivity index is 1.86. The number of nitrogens with one attached hydrogen (secondary N) is 1. The number of methoxy groups -OCH3 is 1. The van der Waals surface area contributed by atoms with Gasteiger partial charge in [-0.3, -0.25) is 9.69 Å². The summed E-state index contributed by atoms with van der Waals surface area (Å²) in [7, 11) is 3.57. The fourth-order valence-corrected chi connectivity index (χ4v) is 2.11. The minimum atomic E-state index is -0.0217. The van der Waals surface area contributed by atoms with Crippen molar-refractivity contribution >= 4 is 11.6 Å². The number of carbonyl (C=O) groups excluding carboxylic acids is 1. The van der Waals surface area contributed by atoms with E-state index in [-0.39, 0.29) is 5.91 Å². The van der Waals surface area contributed by atoms with Crippen LogP contribution in [0.3, 0.4) is 0 Å². The summed E-state index contributed by atoms with van der Waals surface area (Å²) in [6.45, 7) is 1.03. The van der Waals surface area contributed by atoms with Crippen LogP contribution in [0.1, 0.15) is 5.56 Å². The SMILES string of the molecule is COc1cccc(CN(C)CC(=O)Nc2ccccc2)c1. The molecule has 0 aromatic heterocycles. The molecule has 0 atom stereocenters. The molecule has 0 saturated heterocycles. The first-order valence-corrected chi connectivity index (χ1v) is 6.84. The quantitative estimate of drug-likeness (QED) is 0.887. The average molecular weight is 284 g/mol. The van der Waals surface area contributed by atoms with Crippen molar-refractivity contribution in [3.63, 3.8) is 0 Å². The summed E-state index contributed by atoms with van der Waals surface area (Å²) in [5.41, 5.74) is 1.93. The molecule has 0 saturated carbocycles. The first-order valence-electron chi connectivity index (χ1n) is 6.84. The molecule has 0 aliphatic heterocycles. The number of nitrogens with zero attached hydrogens (tertiary/aromatic N) is 1. The van der Waals surface area contributed by atoms with Gasteiger partial charge in [-0.05, 0) is 36.9 Å². The molecule has 0 bridgehead atoms. The molecule has 2 rings (SSSR count). The maximum atomic E-state index is 12.0. The summed E-state index contributed by atoms with van der Waals surface area (Å²) >= 11 is 0. The molecular formula is C17H20N2O2. The molecule has 0 radical (unpaired) electrons. The molecule has 1 amide bonds. The van der Waals surface area contributed by atoms with E-state index in [1.54, 1.807) is 7.11 Å². The zero-order valence-electron chi connectivity index (χ0n) is 12.4. The first-order chi connectivity index (χ1) is 10.2. The van der Waals surface area contributed by atoms with Crippen molar-refractivity contribution in [1.82, 2.24) is 4.90 Å².